The van der Waals surface area contributed by atoms with Gasteiger partial charge in [-0.2, -0.15) is 5.26 Å². The zero-order valence-electron chi connectivity index (χ0n) is 13.2. The fourth-order valence-corrected chi connectivity index (χ4v) is 3.93. The van der Waals surface area contributed by atoms with Crippen LogP contribution >= 0.6 is 11.3 Å². The van der Waals surface area contributed by atoms with Crippen LogP contribution in [0, 0.1) is 11.3 Å². The Morgan fingerprint density at radius 3 is 3.13 bits per heavy atom. The van der Waals surface area contributed by atoms with Crippen molar-refractivity contribution in [2.45, 2.75) is 25.3 Å². The van der Waals surface area contributed by atoms with E-state index in [0.717, 1.165) is 19.5 Å². The molecule has 23 heavy (non-hydrogen) atoms. The lowest BCUT2D eigenvalue weighted by atomic mass is 10.1. The molecule has 1 unspecified atom stereocenters. The number of anilines is 1. The van der Waals surface area contributed by atoms with E-state index in [1.54, 1.807) is 6.07 Å². The Morgan fingerprint density at radius 1 is 1.52 bits per heavy atom. The molecule has 2 aromatic heterocycles. The molecule has 0 saturated carbocycles. The number of likely N-dealkylation sites (tertiary alicyclic amines) is 1. The number of nitrogens with one attached hydrogen (secondary N) is 1. The third kappa shape index (κ3) is 3.46. The summed E-state index contributed by atoms with van der Waals surface area (Å²) in [6.07, 6.45) is 4.83. The summed E-state index contributed by atoms with van der Waals surface area (Å²) in [4.78, 5) is 14.5. The second kappa shape index (κ2) is 6.99. The molecule has 3 heterocycles. The fourth-order valence-electron chi connectivity index (χ4n) is 3.18. The summed E-state index contributed by atoms with van der Waals surface area (Å²) in [6.45, 7) is 1.78. The topological polar surface area (TPSA) is 61.1 Å². The maximum Gasteiger partial charge on any atom is 0.226 e. The molecule has 1 fully saturated rings. The van der Waals surface area contributed by atoms with Crippen molar-refractivity contribution in [1.82, 2.24) is 9.47 Å². The molecular formula is C17H20N4OS. The van der Waals surface area contributed by atoms with Crippen molar-refractivity contribution in [3.05, 3.63) is 41.0 Å². The van der Waals surface area contributed by atoms with E-state index in [9.17, 15) is 4.79 Å². The number of carbonyl (C=O) groups is 1. The first kappa shape index (κ1) is 15.8. The second-order valence-electron chi connectivity index (χ2n) is 5.81. The van der Waals surface area contributed by atoms with Crippen LogP contribution in [0.1, 0.15) is 36.6 Å². The third-order valence-electron chi connectivity index (χ3n) is 4.35. The van der Waals surface area contributed by atoms with Crippen molar-refractivity contribution >= 4 is 22.2 Å². The molecule has 1 aliphatic rings. The standard InChI is InChI=1S/C17H20N4OS/c1-20-8-2-4-14(20)15-5-3-9-21(15)10-6-16(22)19-17-13(12-18)7-11-23-17/h2,4,7-8,11,15H,3,5-6,9-10H2,1H3,(H,19,22). The van der Waals surface area contributed by atoms with E-state index in [-0.39, 0.29) is 5.91 Å². The number of thiophene rings is 1. The molecule has 1 saturated heterocycles. The smallest absolute Gasteiger partial charge is 0.226 e. The first-order valence-electron chi connectivity index (χ1n) is 7.82. The summed E-state index contributed by atoms with van der Waals surface area (Å²) in [5.41, 5.74) is 1.85. The summed E-state index contributed by atoms with van der Waals surface area (Å²) >= 11 is 1.39. The van der Waals surface area contributed by atoms with Gasteiger partial charge in [0, 0.05) is 31.9 Å². The van der Waals surface area contributed by atoms with Crippen LogP contribution in [0.2, 0.25) is 0 Å². The summed E-state index contributed by atoms with van der Waals surface area (Å²) in [6, 6.07) is 8.45. The summed E-state index contributed by atoms with van der Waals surface area (Å²) < 4.78 is 2.16. The van der Waals surface area contributed by atoms with Gasteiger partial charge in [-0.05, 0) is 43.0 Å². The van der Waals surface area contributed by atoms with Gasteiger partial charge in [-0.3, -0.25) is 9.69 Å². The third-order valence-corrected chi connectivity index (χ3v) is 5.18. The Balaban J connectivity index is 1.56. The van der Waals surface area contributed by atoms with Crippen LogP contribution in [-0.2, 0) is 11.8 Å². The molecule has 0 radical (unpaired) electrons. The van der Waals surface area contributed by atoms with E-state index in [2.05, 4.69) is 46.2 Å². The molecule has 1 atom stereocenters. The van der Waals surface area contributed by atoms with Crippen molar-refractivity contribution in [2.75, 3.05) is 18.4 Å². The van der Waals surface area contributed by atoms with Gasteiger partial charge in [0.25, 0.3) is 0 Å². The van der Waals surface area contributed by atoms with Crippen molar-refractivity contribution in [3.63, 3.8) is 0 Å². The lowest BCUT2D eigenvalue weighted by molar-refractivity contribution is -0.116. The van der Waals surface area contributed by atoms with E-state index < -0.39 is 0 Å². The largest absolute Gasteiger partial charge is 0.353 e. The Bertz CT molecular complexity index is 727. The molecule has 120 valence electrons. The van der Waals surface area contributed by atoms with E-state index in [1.165, 1.54) is 23.5 Å². The van der Waals surface area contributed by atoms with Gasteiger partial charge in [0.2, 0.25) is 5.91 Å². The molecule has 0 aliphatic carbocycles. The van der Waals surface area contributed by atoms with Gasteiger partial charge in [0.15, 0.2) is 0 Å². The highest BCUT2D eigenvalue weighted by Crippen LogP contribution is 2.32. The SMILES string of the molecule is Cn1cccc1C1CCCN1CCC(=O)Nc1sccc1C#N. The first-order chi connectivity index (χ1) is 11.2. The van der Waals surface area contributed by atoms with Crippen molar-refractivity contribution in [2.24, 2.45) is 7.05 Å². The van der Waals surface area contributed by atoms with E-state index in [0.29, 0.717) is 23.0 Å². The van der Waals surface area contributed by atoms with Crippen LogP contribution in [-0.4, -0.2) is 28.5 Å². The molecular weight excluding hydrogens is 308 g/mol. The molecule has 0 spiro atoms. The van der Waals surface area contributed by atoms with Crippen molar-refractivity contribution < 1.29 is 4.79 Å². The number of hydrogen-bond donors (Lipinski definition) is 1. The Morgan fingerprint density at radius 2 is 2.39 bits per heavy atom. The van der Waals surface area contributed by atoms with E-state index in [1.807, 2.05) is 5.38 Å². The number of amides is 1. The number of nitriles is 1. The monoisotopic (exact) mass is 328 g/mol. The second-order valence-corrected chi connectivity index (χ2v) is 6.73. The fraction of sp³-hybridized carbons (Fsp3) is 0.412. The highest BCUT2D eigenvalue weighted by Gasteiger charge is 2.27. The van der Waals surface area contributed by atoms with Gasteiger partial charge >= 0.3 is 0 Å². The first-order valence-corrected chi connectivity index (χ1v) is 8.69. The maximum atomic E-state index is 12.1. The van der Waals surface area contributed by atoms with Crippen LogP contribution in [0.4, 0.5) is 5.00 Å². The number of carbonyl (C=O) groups excluding carboxylic acids is 1. The Labute approximate surface area is 140 Å². The molecule has 6 heteroatoms. The minimum Gasteiger partial charge on any atom is -0.353 e. The summed E-state index contributed by atoms with van der Waals surface area (Å²) in [7, 11) is 2.07. The van der Waals surface area contributed by atoms with Gasteiger partial charge in [-0.15, -0.1) is 11.3 Å². The van der Waals surface area contributed by atoms with Crippen LogP contribution in [0.5, 0.6) is 0 Å². The van der Waals surface area contributed by atoms with Gasteiger partial charge < -0.3 is 9.88 Å². The minimum absolute atomic E-state index is 0.0264. The average molecular weight is 328 g/mol. The molecule has 0 aromatic carbocycles. The Kier molecular flexibility index (Phi) is 4.79. The summed E-state index contributed by atoms with van der Waals surface area (Å²) in [5.74, 6) is -0.0264. The molecule has 0 bridgehead atoms. The minimum atomic E-state index is -0.0264. The lowest BCUT2D eigenvalue weighted by Crippen LogP contribution is -2.28. The van der Waals surface area contributed by atoms with Crippen LogP contribution in [0.15, 0.2) is 29.8 Å². The maximum absolute atomic E-state index is 12.1. The van der Waals surface area contributed by atoms with Crippen molar-refractivity contribution in [3.8, 4) is 6.07 Å². The highest BCUT2D eigenvalue weighted by molar-refractivity contribution is 7.14. The highest BCUT2D eigenvalue weighted by atomic mass is 32.1. The zero-order chi connectivity index (χ0) is 16.2. The molecule has 1 N–H and O–H groups in total. The molecule has 3 rings (SSSR count). The van der Waals surface area contributed by atoms with E-state index >= 15 is 0 Å². The van der Waals surface area contributed by atoms with Gasteiger partial charge in [-0.1, -0.05) is 0 Å². The average Bonchev–Trinajstić information content (AvgIpc) is 3.25. The van der Waals surface area contributed by atoms with Crippen molar-refractivity contribution in [1.29, 1.82) is 5.26 Å². The molecule has 5 nitrogen and oxygen atoms in total. The number of hydrogen-bond acceptors (Lipinski definition) is 4. The molecule has 1 amide bonds. The van der Waals surface area contributed by atoms with Crippen LogP contribution in [0.3, 0.4) is 0 Å². The zero-order valence-corrected chi connectivity index (χ0v) is 14.0. The Hall–Kier alpha value is -2.10. The van der Waals surface area contributed by atoms with Crippen LogP contribution in [0.25, 0.3) is 0 Å². The lowest BCUT2D eigenvalue weighted by Gasteiger charge is -2.24. The molecule has 2 aromatic rings. The number of aromatic nitrogens is 1. The number of rotatable bonds is 5. The van der Waals surface area contributed by atoms with E-state index in [4.69, 9.17) is 5.26 Å². The van der Waals surface area contributed by atoms with Gasteiger partial charge in [0.1, 0.15) is 11.1 Å². The summed E-state index contributed by atoms with van der Waals surface area (Å²) in [5, 5.41) is 14.3. The molecule has 1 aliphatic heterocycles. The van der Waals surface area contributed by atoms with Crippen LogP contribution < -0.4 is 5.32 Å². The number of aryl methyl sites for hydroxylation is 1. The quantitative estimate of drug-likeness (QED) is 0.917. The number of nitrogens with zero attached hydrogens (tertiary/aromatic N) is 3. The normalized spacial score (nSPS) is 18.0. The van der Waals surface area contributed by atoms with Gasteiger partial charge in [0.05, 0.1) is 11.6 Å². The predicted octanol–water partition coefficient (Wildman–Crippen LogP) is 3.12. The predicted molar refractivity (Wildman–Crippen MR) is 91.2 cm³/mol. The van der Waals surface area contributed by atoms with Gasteiger partial charge in [-0.25, -0.2) is 0 Å².